The van der Waals surface area contributed by atoms with E-state index < -0.39 is 0 Å². The molecule has 0 aliphatic heterocycles. The van der Waals surface area contributed by atoms with Crippen LogP contribution in [0, 0.1) is 0 Å². The summed E-state index contributed by atoms with van der Waals surface area (Å²) in [5, 5.41) is 0. The summed E-state index contributed by atoms with van der Waals surface area (Å²) in [7, 11) is 0. The van der Waals surface area contributed by atoms with Crippen LogP contribution in [-0.4, -0.2) is 11.7 Å². The third-order valence-electron chi connectivity index (χ3n) is 3.69. The maximum Gasteiger partial charge on any atom is 0.119 e. The highest BCUT2D eigenvalue weighted by molar-refractivity contribution is 6.28. The predicted molar refractivity (Wildman–Crippen MR) is 105 cm³/mol. The van der Waals surface area contributed by atoms with E-state index in [-0.39, 0.29) is 5.88 Å². The maximum absolute atomic E-state index is 5.82. The summed E-state index contributed by atoms with van der Waals surface area (Å²) >= 11 is 5.68. The van der Waals surface area contributed by atoms with Gasteiger partial charge < -0.3 is 10.5 Å². The van der Waals surface area contributed by atoms with Crippen LogP contribution in [0.25, 0.3) is 11.1 Å². The van der Waals surface area contributed by atoms with E-state index in [0.717, 1.165) is 28.1 Å². The van der Waals surface area contributed by atoms with Crippen LogP contribution in [-0.2, 0) is 6.61 Å². The molecule has 0 fully saturated rings. The monoisotopic (exact) mass is 350 g/mol. The van der Waals surface area contributed by atoms with Gasteiger partial charge in [0, 0.05) is 0 Å². The quantitative estimate of drug-likeness (QED) is 0.379. The number of hydrogen-bond donors (Lipinski definition) is 1. The van der Waals surface area contributed by atoms with Crippen LogP contribution in [0.3, 0.4) is 0 Å². The Morgan fingerprint density at radius 1 is 0.880 bits per heavy atom. The van der Waals surface area contributed by atoms with Crippen LogP contribution >= 0.6 is 11.6 Å². The first-order valence-electron chi connectivity index (χ1n) is 8.01. The Morgan fingerprint density at radius 3 is 2.36 bits per heavy atom. The van der Waals surface area contributed by atoms with Gasteiger partial charge in [-0.25, -0.2) is 4.99 Å². The minimum absolute atomic E-state index is 0.220. The number of amidine groups is 1. The van der Waals surface area contributed by atoms with Crippen molar-refractivity contribution in [3.63, 3.8) is 0 Å². The Kier molecular flexibility index (Phi) is 5.70. The lowest BCUT2D eigenvalue weighted by Crippen LogP contribution is -2.12. The van der Waals surface area contributed by atoms with Crippen LogP contribution in [0.5, 0.6) is 5.75 Å². The van der Waals surface area contributed by atoms with Gasteiger partial charge in [-0.2, -0.15) is 0 Å². The van der Waals surface area contributed by atoms with Crippen molar-refractivity contribution in [2.24, 2.45) is 10.7 Å². The van der Waals surface area contributed by atoms with Crippen molar-refractivity contribution in [3.05, 3.63) is 84.4 Å². The second-order valence-corrected chi connectivity index (χ2v) is 5.85. The molecule has 0 saturated carbocycles. The number of ether oxygens (including phenoxy) is 1. The molecule has 0 bridgehead atoms. The summed E-state index contributed by atoms with van der Waals surface area (Å²) in [6, 6.07) is 26.0. The van der Waals surface area contributed by atoms with Gasteiger partial charge >= 0.3 is 0 Å². The second-order valence-electron chi connectivity index (χ2n) is 5.59. The van der Waals surface area contributed by atoms with Crippen LogP contribution in [0.4, 0.5) is 5.69 Å². The van der Waals surface area contributed by atoms with E-state index in [1.165, 1.54) is 0 Å². The fourth-order valence-corrected chi connectivity index (χ4v) is 2.49. The molecule has 0 unspecified atom stereocenters. The summed E-state index contributed by atoms with van der Waals surface area (Å²) in [4.78, 5) is 4.28. The van der Waals surface area contributed by atoms with Crippen molar-refractivity contribution >= 4 is 23.1 Å². The summed E-state index contributed by atoms with van der Waals surface area (Å²) in [5.74, 6) is 1.47. The van der Waals surface area contributed by atoms with E-state index in [2.05, 4.69) is 4.99 Å². The molecule has 3 aromatic rings. The summed E-state index contributed by atoms with van der Waals surface area (Å²) in [6.07, 6.45) is 0. The third kappa shape index (κ3) is 4.85. The third-order valence-corrected chi connectivity index (χ3v) is 3.97. The van der Waals surface area contributed by atoms with Gasteiger partial charge in [-0.05, 0) is 41.0 Å². The second kappa shape index (κ2) is 8.36. The van der Waals surface area contributed by atoms with Gasteiger partial charge in [0.15, 0.2) is 0 Å². The zero-order valence-electron chi connectivity index (χ0n) is 13.7. The van der Waals surface area contributed by atoms with Crippen molar-refractivity contribution in [1.29, 1.82) is 0 Å². The van der Waals surface area contributed by atoms with Crippen LogP contribution < -0.4 is 10.5 Å². The highest BCUT2D eigenvalue weighted by Crippen LogP contribution is 2.26. The highest BCUT2D eigenvalue weighted by Gasteiger charge is 2.01. The summed E-state index contributed by atoms with van der Waals surface area (Å²) < 4.78 is 5.82. The molecule has 25 heavy (non-hydrogen) atoms. The SMILES string of the molecule is NC(CCl)=Nc1cccc(-c2ccc(OCc3ccccc3)cc2)c1. The zero-order valence-corrected chi connectivity index (χ0v) is 14.5. The molecular weight excluding hydrogens is 332 g/mol. The Bertz CT molecular complexity index is 845. The first-order valence-corrected chi connectivity index (χ1v) is 8.54. The normalized spacial score (nSPS) is 11.3. The van der Waals surface area contributed by atoms with Crippen molar-refractivity contribution < 1.29 is 4.74 Å². The number of nitrogens with two attached hydrogens (primary N) is 1. The van der Waals surface area contributed by atoms with Gasteiger partial charge in [-0.15, -0.1) is 11.6 Å². The predicted octanol–water partition coefficient (Wildman–Crippen LogP) is 5.16. The Labute approximate surface area is 152 Å². The van der Waals surface area contributed by atoms with Gasteiger partial charge in [-0.1, -0.05) is 54.6 Å². The lowest BCUT2D eigenvalue weighted by molar-refractivity contribution is 0.306. The number of nitrogens with zero attached hydrogens (tertiary/aromatic N) is 1. The van der Waals surface area contributed by atoms with Crippen molar-refractivity contribution in [2.45, 2.75) is 6.61 Å². The van der Waals surface area contributed by atoms with E-state index in [4.69, 9.17) is 22.1 Å². The first-order chi connectivity index (χ1) is 12.2. The number of halogens is 1. The topological polar surface area (TPSA) is 47.6 Å². The van der Waals surface area contributed by atoms with E-state index in [1.54, 1.807) is 0 Å². The highest BCUT2D eigenvalue weighted by atomic mass is 35.5. The van der Waals surface area contributed by atoms with Crippen molar-refractivity contribution in [2.75, 3.05) is 5.88 Å². The van der Waals surface area contributed by atoms with Gasteiger partial charge in [0.25, 0.3) is 0 Å². The molecular formula is C21H19ClN2O. The fourth-order valence-electron chi connectivity index (χ4n) is 2.44. The molecule has 3 nitrogen and oxygen atoms in total. The molecule has 3 rings (SSSR count). The Morgan fingerprint density at radius 2 is 1.64 bits per heavy atom. The molecule has 0 aliphatic carbocycles. The lowest BCUT2D eigenvalue weighted by atomic mass is 10.1. The molecule has 4 heteroatoms. The average molecular weight is 351 g/mol. The molecule has 2 N–H and O–H groups in total. The zero-order chi connectivity index (χ0) is 17.5. The smallest absolute Gasteiger partial charge is 0.119 e. The minimum atomic E-state index is 0.220. The summed E-state index contributed by atoms with van der Waals surface area (Å²) in [5.41, 5.74) is 9.79. The van der Waals surface area contributed by atoms with Gasteiger partial charge in [0.1, 0.15) is 18.2 Å². The molecule has 0 aliphatic rings. The van der Waals surface area contributed by atoms with Crippen LogP contribution in [0.2, 0.25) is 0 Å². The number of aliphatic imine (C=N–C) groups is 1. The number of hydrogen-bond acceptors (Lipinski definition) is 2. The molecule has 0 saturated heterocycles. The van der Waals surface area contributed by atoms with Gasteiger partial charge in [0.05, 0.1) is 11.6 Å². The molecule has 126 valence electrons. The molecule has 3 aromatic carbocycles. The number of rotatable bonds is 6. The molecule has 0 amide bonds. The number of benzene rings is 3. The molecule has 0 spiro atoms. The van der Waals surface area contributed by atoms with Crippen LogP contribution in [0.1, 0.15) is 5.56 Å². The van der Waals surface area contributed by atoms with E-state index in [0.29, 0.717) is 12.4 Å². The molecule has 0 atom stereocenters. The average Bonchev–Trinajstić information content (AvgIpc) is 2.68. The fraction of sp³-hybridized carbons (Fsp3) is 0.0952. The Balaban J connectivity index is 1.71. The van der Waals surface area contributed by atoms with E-state index >= 15 is 0 Å². The standard InChI is InChI=1S/C21H19ClN2O/c22-14-21(23)24-19-8-4-7-18(13-19)17-9-11-20(12-10-17)25-15-16-5-2-1-3-6-16/h1-13H,14-15H2,(H2,23,24). The van der Waals surface area contributed by atoms with Crippen LogP contribution in [0.15, 0.2) is 83.9 Å². The van der Waals surface area contributed by atoms with E-state index in [1.807, 2.05) is 78.9 Å². The van der Waals surface area contributed by atoms with E-state index in [9.17, 15) is 0 Å². The number of alkyl halides is 1. The summed E-state index contributed by atoms with van der Waals surface area (Å²) in [6.45, 7) is 0.558. The van der Waals surface area contributed by atoms with Gasteiger partial charge in [-0.3, -0.25) is 0 Å². The minimum Gasteiger partial charge on any atom is -0.489 e. The molecule has 0 aromatic heterocycles. The Hall–Kier alpha value is -2.78. The lowest BCUT2D eigenvalue weighted by Gasteiger charge is -2.08. The van der Waals surface area contributed by atoms with Crippen molar-refractivity contribution in [1.82, 2.24) is 0 Å². The van der Waals surface area contributed by atoms with Gasteiger partial charge in [0.2, 0.25) is 0 Å². The molecule has 0 heterocycles. The molecule has 0 radical (unpaired) electrons. The maximum atomic E-state index is 5.82. The largest absolute Gasteiger partial charge is 0.489 e. The first kappa shape index (κ1) is 17.1. The van der Waals surface area contributed by atoms with Crippen molar-refractivity contribution in [3.8, 4) is 16.9 Å².